The van der Waals surface area contributed by atoms with Gasteiger partial charge in [-0.2, -0.15) is 0 Å². The number of unbranched alkanes of at least 4 members (excludes halogenated alkanes) is 45. The van der Waals surface area contributed by atoms with Crippen molar-refractivity contribution >= 4 is 39.5 Å². The van der Waals surface area contributed by atoms with Crippen LogP contribution in [0.2, 0.25) is 0 Å². The first kappa shape index (κ1) is 97.5. The van der Waals surface area contributed by atoms with Crippen LogP contribution in [-0.2, 0) is 65.4 Å². The van der Waals surface area contributed by atoms with Crippen molar-refractivity contribution in [1.82, 2.24) is 0 Å². The Morgan fingerprint density at radius 1 is 0.310 bits per heavy atom. The molecule has 590 valence electrons. The monoisotopic (exact) mass is 1460 g/mol. The summed E-state index contributed by atoms with van der Waals surface area (Å²) in [7, 11) is -9.93. The smallest absolute Gasteiger partial charge is 0.462 e. The lowest BCUT2D eigenvalue weighted by Crippen LogP contribution is -2.30. The van der Waals surface area contributed by atoms with E-state index in [2.05, 4.69) is 65.8 Å². The van der Waals surface area contributed by atoms with Gasteiger partial charge in [-0.15, -0.1) is 0 Å². The lowest BCUT2D eigenvalue weighted by atomic mass is 10.0. The van der Waals surface area contributed by atoms with Crippen molar-refractivity contribution in [2.45, 2.75) is 419 Å². The molecule has 19 heteroatoms. The van der Waals surface area contributed by atoms with Crippen molar-refractivity contribution in [2.24, 2.45) is 11.8 Å². The molecule has 0 aromatic heterocycles. The molecule has 0 rings (SSSR count). The third kappa shape index (κ3) is 73.8. The molecule has 0 saturated carbocycles. The Morgan fingerprint density at radius 2 is 0.540 bits per heavy atom. The topological polar surface area (TPSA) is 237 Å². The number of phosphoric ester groups is 2. The molecule has 0 amide bonds. The van der Waals surface area contributed by atoms with Gasteiger partial charge in [0.05, 0.1) is 26.4 Å². The predicted molar refractivity (Wildman–Crippen MR) is 409 cm³/mol. The van der Waals surface area contributed by atoms with Crippen molar-refractivity contribution < 1.29 is 80.2 Å². The van der Waals surface area contributed by atoms with Crippen molar-refractivity contribution in [3.05, 3.63) is 24.3 Å². The molecule has 3 N–H and O–H groups in total. The molecule has 0 radical (unpaired) electrons. The molecule has 0 spiro atoms. The quantitative estimate of drug-likeness (QED) is 0.0169. The summed E-state index contributed by atoms with van der Waals surface area (Å²) in [6.45, 7) is 9.49. The van der Waals surface area contributed by atoms with Crippen molar-refractivity contribution in [3.63, 3.8) is 0 Å². The molecule has 0 aliphatic heterocycles. The van der Waals surface area contributed by atoms with Crippen LogP contribution in [0.15, 0.2) is 24.3 Å². The Bertz CT molecular complexity index is 2020. The van der Waals surface area contributed by atoms with Gasteiger partial charge in [0.15, 0.2) is 12.2 Å². The number of allylic oxidation sites excluding steroid dienone is 4. The summed E-state index contributed by atoms with van der Waals surface area (Å²) < 4.78 is 68.6. The van der Waals surface area contributed by atoms with Crippen LogP contribution < -0.4 is 0 Å². The van der Waals surface area contributed by atoms with Crippen LogP contribution in [-0.4, -0.2) is 96.7 Å². The van der Waals surface area contributed by atoms with Crippen LogP contribution in [0.4, 0.5) is 0 Å². The molecule has 100 heavy (non-hydrogen) atoms. The van der Waals surface area contributed by atoms with Crippen LogP contribution in [0.25, 0.3) is 0 Å². The number of aliphatic hydroxyl groups excluding tert-OH is 1. The standard InChI is InChI=1S/C81H154O17P2/c1-7-9-11-13-15-17-19-21-23-24-25-26-27-28-29-31-33-35-39-47-53-59-65-80(85)97-76(69-91-78(83)63-57-51-45-38-34-32-30-22-20-18-16-14-12-10-8-2)71-95-99(87,88)93-67-75(82)68-94-100(89,90)96-72-77(70-92-79(84)64-58-52-46-42-41-44-50-56-62-74(5)6)98-81(86)66-60-54-48-40-36-37-43-49-55-61-73(3)4/h18,20,22,30,73-77,82H,7-17,19,21,23-29,31-72H2,1-6H3,(H,87,88)(H,89,90)/b20-18-,30-22-/t75-,76-,77-/m1/s1. The predicted octanol–water partition coefficient (Wildman–Crippen LogP) is 23.8. The van der Waals surface area contributed by atoms with E-state index < -0.39 is 97.5 Å². The fraction of sp³-hybridized carbons (Fsp3) is 0.901. The minimum absolute atomic E-state index is 0.102. The molecule has 0 heterocycles. The van der Waals surface area contributed by atoms with E-state index in [1.807, 2.05) is 0 Å². The van der Waals surface area contributed by atoms with E-state index in [4.69, 9.17) is 37.0 Å². The second-order valence-electron chi connectivity index (χ2n) is 29.4. The second-order valence-corrected chi connectivity index (χ2v) is 32.3. The average molecular weight is 1460 g/mol. The number of rotatable bonds is 78. The summed E-state index contributed by atoms with van der Waals surface area (Å²) in [5.41, 5.74) is 0. The van der Waals surface area contributed by atoms with E-state index in [9.17, 15) is 43.2 Å². The van der Waals surface area contributed by atoms with Gasteiger partial charge >= 0.3 is 39.5 Å². The number of aliphatic hydroxyl groups is 1. The third-order valence-electron chi connectivity index (χ3n) is 18.3. The van der Waals surface area contributed by atoms with E-state index >= 15 is 0 Å². The SMILES string of the molecule is CCCCCC/C=C\C=C/CCCCCCCC(=O)OC[C@H](COP(=O)(O)OC[C@@H](O)COP(=O)(O)OC[C@@H](COC(=O)CCCCCCCCCCC(C)C)OC(=O)CCCCCCCCCCCC(C)C)OC(=O)CCCCCCCCCCCCCCCCCCCCCCCC. The molecular weight excluding hydrogens is 1310 g/mol. The minimum atomic E-state index is -4.97. The first-order valence-electron chi connectivity index (χ1n) is 41.3. The zero-order valence-electron chi connectivity index (χ0n) is 65.0. The summed E-state index contributed by atoms with van der Waals surface area (Å²) in [4.78, 5) is 72.9. The largest absolute Gasteiger partial charge is 0.472 e. The van der Waals surface area contributed by atoms with Gasteiger partial charge in [0.1, 0.15) is 19.3 Å². The van der Waals surface area contributed by atoms with E-state index in [0.717, 1.165) is 121 Å². The summed E-state index contributed by atoms with van der Waals surface area (Å²) in [5, 5.41) is 10.6. The maximum atomic E-state index is 13.1. The number of hydrogen-bond acceptors (Lipinski definition) is 15. The van der Waals surface area contributed by atoms with Crippen LogP contribution in [0.3, 0.4) is 0 Å². The van der Waals surface area contributed by atoms with E-state index in [1.165, 1.54) is 199 Å². The first-order valence-corrected chi connectivity index (χ1v) is 44.3. The molecule has 0 aromatic carbocycles. The lowest BCUT2D eigenvalue weighted by molar-refractivity contribution is -0.161. The zero-order valence-corrected chi connectivity index (χ0v) is 66.8. The molecule has 0 fully saturated rings. The van der Waals surface area contributed by atoms with Crippen molar-refractivity contribution in [1.29, 1.82) is 0 Å². The summed E-state index contributed by atoms with van der Waals surface area (Å²) >= 11 is 0. The average Bonchev–Trinajstić information content (AvgIpc) is 1.17. The molecule has 0 aliphatic carbocycles. The van der Waals surface area contributed by atoms with Gasteiger partial charge in [0.2, 0.25) is 0 Å². The number of carbonyl (C=O) groups excluding carboxylic acids is 4. The molecule has 0 bridgehead atoms. The Labute approximate surface area is 612 Å². The summed E-state index contributed by atoms with van der Waals surface area (Å²) in [6.07, 6.45) is 64.9. The van der Waals surface area contributed by atoms with Gasteiger partial charge in [-0.05, 0) is 63.2 Å². The fourth-order valence-electron chi connectivity index (χ4n) is 12.0. The number of ether oxygens (including phenoxy) is 4. The number of phosphoric acid groups is 2. The normalized spacial score (nSPS) is 14.1. The van der Waals surface area contributed by atoms with Gasteiger partial charge in [-0.1, -0.05) is 348 Å². The summed E-state index contributed by atoms with van der Waals surface area (Å²) in [6, 6.07) is 0. The molecule has 5 atom stereocenters. The molecule has 0 saturated heterocycles. The molecule has 2 unspecified atom stereocenters. The number of hydrogen-bond donors (Lipinski definition) is 3. The van der Waals surface area contributed by atoms with Gasteiger partial charge < -0.3 is 33.8 Å². The van der Waals surface area contributed by atoms with Crippen LogP contribution in [0.5, 0.6) is 0 Å². The maximum absolute atomic E-state index is 13.1. The van der Waals surface area contributed by atoms with Gasteiger partial charge in [-0.3, -0.25) is 37.3 Å². The number of carbonyl (C=O) groups is 4. The zero-order chi connectivity index (χ0) is 73.5. The van der Waals surface area contributed by atoms with E-state index in [1.54, 1.807) is 0 Å². The highest BCUT2D eigenvalue weighted by atomic mass is 31.2. The first-order chi connectivity index (χ1) is 48.4. The van der Waals surface area contributed by atoms with Crippen molar-refractivity contribution in [3.8, 4) is 0 Å². The van der Waals surface area contributed by atoms with E-state index in [-0.39, 0.29) is 25.7 Å². The Balaban J connectivity index is 5.24. The van der Waals surface area contributed by atoms with Crippen LogP contribution >= 0.6 is 15.6 Å². The maximum Gasteiger partial charge on any atom is 0.472 e. The second kappa shape index (κ2) is 72.1. The molecule has 17 nitrogen and oxygen atoms in total. The lowest BCUT2D eigenvalue weighted by Gasteiger charge is -2.21. The Morgan fingerprint density at radius 3 is 0.820 bits per heavy atom. The van der Waals surface area contributed by atoms with Gasteiger partial charge in [0, 0.05) is 25.7 Å². The van der Waals surface area contributed by atoms with Gasteiger partial charge in [0.25, 0.3) is 0 Å². The van der Waals surface area contributed by atoms with Crippen molar-refractivity contribution in [2.75, 3.05) is 39.6 Å². The highest BCUT2D eigenvalue weighted by molar-refractivity contribution is 7.47. The Hall–Kier alpha value is -2.46. The van der Waals surface area contributed by atoms with E-state index in [0.29, 0.717) is 25.7 Å². The Kier molecular flexibility index (Phi) is 70.3. The van der Waals surface area contributed by atoms with Crippen LogP contribution in [0, 0.1) is 11.8 Å². The van der Waals surface area contributed by atoms with Gasteiger partial charge in [-0.25, -0.2) is 9.13 Å². The molecule has 0 aromatic rings. The fourth-order valence-corrected chi connectivity index (χ4v) is 13.6. The number of esters is 4. The minimum Gasteiger partial charge on any atom is -0.462 e. The highest BCUT2D eigenvalue weighted by Gasteiger charge is 2.30. The van der Waals surface area contributed by atoms with Crippen LogP contribution in [0.1, 0.15) is 401 Å². The highest BCUT2D eigenvalue weighted by Crippen LogP contribution is 2.45. The molecule has 0 aliphatic rings. The molecular formula is C81H154O17P2. The summed E-state index contributed by atoms with van der Waals surface area (Å²) in [5.74, 6) is -0.683. The third-order valence-corrected chi connectivity index (χ3v) is 20.2.